The molecule has 0 spiro atoms. The molecule has 2 saturated heterocycles. The smallest absolute Gasteiger partial charge is 0.303 e. The summed E-state index contributed by atoms with van der Waals surface area (Å²) in [6.07, 6.45) is 8.51. The SMILES string of the molecule is CC.CC.Cc1c[c-]c(O)c([C@@H]2O[C@H](c3ccccc3)OC[C@@H]2C/C=C\CCC(=O)O)c1.Cc1c[c-]c(O)c([C@H]2O[C@@H](c3ccccc3)OC[C@H]2C/C=C\CCC(=O)O)c1.[Y].[Y]. The van der Waals surface area contributed by atoms with Gasteiger partial charge < -0.3 is 39.4 Å². The van der Waals surface area contributed by atoms with Gasteiger partial charge >= 0.3 is 11.9 Å². The second-order valence-electron chi connectivity index (χ2n) is 14.0. The molecule has 2 fully saturated rings. The van der Waals surface area contributed by atoms with Gasteiger partial charge in [-0.25, -0.2) is 0 Å². The van der Waals surface area contributed by atoms with Crippen molar-refractivity contribution in [2.45, 2.75) is 105 Å². The van der Waals surface area contributed by atoms with Crippen LogP contribution in [0.4, 0.5) is 0 Å². The molecule has 62 heavy (non-hydrogen) atoms. The van der Waals surface area contributed by atoms with E-state index in [1.165, 1.54) is 0 Å². The molecule has 0 saturated carbocycles. The summed E-state index contributed by atoms with van der Waals surface area (Å²) in [6, 6.07) is 32.5. The number of hydrogen-bond acceptors (Lipinski definition) is 8. The van der Waals surface area contributed by atoms with E-state index < -0.39 is 24.5 Å². The van der Waals surface area contributed by atoms with Crippen molar-refractivity contribution in [3.63, 3.8) is 0 Å². The molecule has 0 amide bonds. The van der Waals surface area contributed by atoms with Crippen LogP contribution >= 0.6 is 0 Å². The van der Waals surface area contributed by atoms with Gasteiger partial charge in [0.15, 0.2) is 12.6 Å². The monoisotopic (exact) mass is 1000 g/mol. The largest absolute Gasteiger partial charge is 0.534 e. The molecule has 0 aromatic heterocycles. The Bertz CT molecular complexity index is 1780. The fourth-order valence-electron chi connectivity index (χ4n) is 6.64. The zero-order valence-electron chi connectivity index (χ0n) is 36.9. The van der Waals surface area contributed by atoms with E-state index in [9.17, 15) is 19.8 Å². The quantitative estimate of drug-likeness (QED) is 0.0710. The summed E-state index contributed by atoms with van der Waals surface area (Å²) in [5, 5.41) is 38.2. The summed E-state index contributed by atoms with van der Waals surface area (Å²) in [7, 11) is 0. The van der Waals surface area contributed by atoms with Crippen molar-refractivity contribution in [3.05, 3.63) is 155 Å². The Balaban J connectivity index is 0.000000557. The van der Waals surface area contributed by atoms with Crippen LogP contribution in [0.15, 0.2) is 109 Å². The van der Waals surface area contributed by atoms with Gasteiger partial charge in [-0.1, -0.05) is 138 Å². The molecule has 0 bridgehead atoms. The number of hydrogen-bond donors (Lipinski definition) is 4. The van der Waals surface area contributed by atoms with Crippen LogP contribution in [0.3, 0.4) is 0 Å². The van der Waals surface area contributed by atoms with Crippen LogP contribution < -0.4 is 0 Å². The number of carbonyl (C=O) groups is 2. The normalized spacial score (nSPS) is 20.4. The van der Waals surface area contributed by atoms with E-state index >= 15 is 0 Å². The molecule has 6 rings (SSSR count). The van der Waals surface area contributed by atoms with Crippen molar-refractivity contribution in [1.82, 2.24) is 0 Å². The molecule has 10 nitrogen and oxygen atoms in total. The molecule has 6 atom stereocenters. The van der Waals surface area contributed by atoms with E-state index in [4.69, 9.17) is 29.2 Å². The third-order valence-electron chi connectivity index (χ3n) is 9.52. The van der Waals surface area contributed by atoms with Crippen molar-refractivity contribution in [3.8, 4) is 11.5 Å². The zero-order chi connectivity index (χ0) is 43.9. The maximum absolute atomic E-state index is 10.6. The molecule has 2 aliphatic heterocycles. The van der Waals surface area contributed by atoms with Crippen LogP contribution in [0.1, 0.15) is 124 Å². The van der Waals surface area contributed by atoms with Crippen LogP contribution in [0.2, 0.25) is 0 Å². The fraction of sp³-hybridized carbons (Fsp3) is 0.400. The topological polar surface area (TPSA) is 152 Å². The Kier molecular flexibility index (Phi) is 29.2. The zero-order valence-corrected chi connectivity index (χ0v) is 42.6. The number of aromatic hydroxyl groups is 2. The van der Waals surface area contributed by atoms with Gasteiger partial charge in [0.05, 0.1) is 25.4 Å². The number of aliphatic carboxylic acids is 2. The average Bonchev–Trinajstić information content (AvgIpc) is 3.27. The number of aryl methyl sites for hydroxylation is 2. The Morgan fingerprint density at radius 1 is 0.613 bits per heavy atom. The summed E-state index contributed by atoms with van der Waals surface area (Å²) in [4.78, 5) is 21.3. The number of ether oxygens (including phenoxy) is 4. The predicted octanol–water partition coefficient (Wildman–Crippen LogP) is 11.5. The summed E-state index contributed by atoms with van der Waals surface area (Å²) < 4.78 is 24.4. The summed E-state index contributed by atoms with van der Waals surface area (Å²) in [6.45, 7) is 12.9. The fourth-order valence-corrected chi connectivity index (χ4v) is 6.64. The third kappa shape index (κ3) is 19.0. The summed E-state index contributed by atoms with van der Waals surface area (Å²) in [5.41, 5.74) is 5.25. The molecular formula is C50H62O10Y2-2. The minimum Gasteiger partial charge on any atom is -0.534 e. The summed E-state index contributed by atoms with van der Waals surface area (Å²) in [5.74, 6) is -1.44. The Morgan fingerprint density at radius 2 is 0.968 bits per heavy atom. The first-order chi connectivity index (χ1) is 29.1. The molecule has 2 heterocycles. The minimum absolute atomic E-state index is 0. The molecule has 0 aliphatic carbocycles. The molecule has 0 unspecified atom stereocenters. The van der Waals surface area contributed by atoms with Gasteiger partial charge in [-0.2, -0.15) is 35.4 Å². The van der Waals surface area contributed by atoms with Gasteiger partial charge in [-0.05, 0) is 25.7 Å². The van der Waals surface area contributed by atoms with Crippen LogP contribution in [-0.4, -0.2) is 45.6 Å². The number of allylic oxidation sites excluding steroid dienone is 4. The van der Waals surface area contributed by atoms with Crippen molar-refractivity contribution in [2.75, 3.05) is 13.2 Å². The van der Waals surface area contributed by atoms with Crippen molar-refractivity contribution < 1.29 is 114 Å². The van der Waals surface area contributed by atoms with E-state index in [1.807, 2.05) is 139 Å². The van der Waals surface area contributed by atoms with Gasteiger partial charge in [0.25, 0.3) is 0 Å². The Labute approximate surface area is 418 Å². The number of carboxylic acids is 2. The van der Waals surface area contributed by atoms with E-state index in [1.54, 1.807) is 12.1 Å². The number of phenolic OH excluding ortho intramolecular Hbond substituents is 2. The van der Waals surface area contributed by atoms with Crippen molar-refractivity contribution in [2.24, 2.45) is 11.8 Å². The second-order valence-corrected chi connectivity index (χ2v) is 14.0. The number of rotatable bonds is 14. The van der Waals surface area contributed by atoms with Gasteiger partial charge in [0.1, 0.15) is 0 Å². The molecule has 2 radical (unpaired) electrons. The van der Waals surface area contributed by atoms with E-state index in [-0.39, 0.29) is 114 Å². The predicted molar refractivity (Wildman–Crippen MR) is 232 cm³/mol. The van der Waals surface area contributed by atoms with E-state index in [0.29, 0.717) is 50.0 Å². The molecular weight excluding hydrogens is 938 g/mol. The third-order valence-corrected chi connectivity index (χ3v) is 9.52. The van der Waals surface area contributed by atoms with Crippen molar-refractivity contribution in [1.29, 1.82) is 0 Å². The first kappa shape index (κ1) is 57.0. The van der Waals surface area contributed by atoms with Gasteiger partial charge in [-0.3, -0.25) is 9.59 Å². The number of carboxylic acid groups (broad SMARTS) is 2. The van der Waals surface area contributed by atoms with Crippen LogP contribution in [0.25, 0.3) is 0 Å². The first-order valence-corrected chi connectivity index (χ1v) is 20.9. The summed E-state index contributed by atoms with van der Waals surface area (Å²) >= 11 is 0. The van der Waals surface area contributed by atoms with Gasteiger partial charge in [-0.15, -0.1) is 12.1 Å². The average molecular weight is 1000 g/mol. The molecule has 2 aliphatic rings. The maximum Gasteiger partial charge on any atom is 0.303 e. The number of benzene rings is 4. The van der Waals surface area contributed by atoms with E-state index in [2.05, 4.69) is 12.1 Å². The standard InChI is InChI=1S/2C23H25O5.2C2H6.2Y/c2*1-16-12-13-20(24)19(14-16)22-18(10-6-3-7-11-21(25)26)15-27-23(28-22)17-8-4-2-5-9-17;2*1-2;;/h2*2-6,8-9,12,14,18,22-24H,7,10-11,15H2,1H3,(H,25,26);2*1-2H3;;/q2*-1;;;;/b2*6-3-;;;;/t2*18-,22+,23+;;;;/m10..../s1. The van der Waals surface area contributed by atoms with Crippen LogP contribution in [0.5, 0.6) is 11.5 Å². The van der Waals surface area contributed by atoms with Gasteiger partial charge in [0, 0.05) is 113 Å². The second kappa shape index (κ2) is 31.7. The van der Waals surface area contributed by atoms with Crippen LogP contribution in [-0.2, 0) is 94.0 Å². The number of phenols is 2. The Hall–Kier alpha value is -3.05. The maximum atomic E-state index is 10.6. The Morgan fingerprint density at radius 3 is 1.31 bits per heavy atom. The van der Waals surface area contributed by atoms with E-state index in [0.717, 1.165) is 22.3 Å². The molecule has 330 valence electrons. The molecule has 4 N–H and O–H groups in total. The molecule has 12 heteroatoms. The minimum atomic E-state index is -0.808. The first-order valence-electron chi connectivity index (χ1n) is 20.9. The van der Waals surface area contributed by atoms with Crippen LogP contribution in [0, 0.1) is 37.8 Å². The molecule has 4 aromatic rings. The molecule has 4 aromatic carbocycles. The van der Waals surface area contributed by atoms with Crippen molar-refractivity contribution >= 4 is 11.9 Å². The van der Waals surface area contributed by atoms with Gasteiger partial charge in [0.2, 0.25) is 0 Å².